The van der Waals surface area contributed by atoms with Gasteiger partial charge in [-0.05, 0) is 27.2 Å². The summed E-state index contributed by atoms with van der Waals surface area (Å²) in [4.78, 5) is 11.4. The monoisotopic (exact) mass is 335 g/mol. The molecule has 130 valence electrons. The summed E-state index contributed by atoms with van der Waals surface area (Å²) in [7, 11) is 0. The Labute approximate surface area is 132 Å². The summed E-state index contributed by atoms with van der Waals surface area (Å²) < 4.78 is 44.8. The Morgan fingerprint density at radius 3 is 2.22 bits per heavy atom. The molecule has 0 heterocycles. The molecular weight excluding hydrogens is 315 g/mol. The molecule has 0 aromatic heterocycles. The highest BCUT2D eigenvalue weighted by Crippen LogP contribution is 2.25. The van der Waals surface area contributed by atoms with Gasteiger partial charge in [-0.15, -0.1) is 0 Å². The Bertz CT molecular complexity index is 537. The molecule has 2 unspecified atom stereocenters. The van der Waals surface area contributed by atoms with E-state index in [1.165, 1.54) is 0 Å². The topological polar surface area (TPSA) is 78.8 Å². The number of benzene rings is 1. The highest BCUT2D eigenvalue weighted by molar-refractivity contribution is 5.67. The second-order valence-corrected chi connectivity index (χ2v) is 6.01. The van der Waals surface area contributed by atoms with Gasteiger partial charge in [0.15, 0.2) is 0 Å². The van der Waals surface area contributed by atoms with Crippen LogP contribution in [0.2, 0.25) is 0 Å². The number of amides is 1. The van der Waals surface area contributed by atoms with Crippen molar-refractivity contribution >= 4 is 6.09 Å². The van der Waals surface area contributed by atoms with Crippen LogP contribution < -0.4 is 5.32 Å². The summed E-state index contributed by atoms with van der Waals surface area (Å²) in [5.41, 5.74) is -1.51. The molecular formula is C15H20F3NO4. The molecule has 0 aliphatic rings. The number of hydrogen-bond acceptors (Lipinski definition) is 4. The Kier molecular flexibility index (Phi) is 6.40. The lowest BCUT2D eigenvalue weighted by Crippen LogP contribution is -2.34. The zero-order chi connectivity index (χ0) is 17.8. The van der Waals surface area contributed by atoms with E-state index < -0.39 is 46.9 Å². The number of aliphatic hydroxyl groups excluding tert-OH is 2. The molecule has 0 radical (unpaired) electrons. The van der Waals surface area contributed by atoms with Crippen LogP contribution in [-0.2, 0) is 4.74 Å². The minimum absolute atomic E-state index is 0.0857. The molecule has 1 aromatic rings. The Balaban J connectivity index is 2.59. The van der Waals surface area contributed by atoms with E-state index in [9.17, 15) is 28.2 Å². The van der Waals surface area contributed by atoms with Crippen LogP contribution in [0.3, 0.4) is 0 Å². The first-order chi connectivity index (χ1) is 10.5. The first-order valence-electron chi connectivity index (χ1n) is 6.98. The van der Waals surface area contributed by atoms with E-state index in [0.29, 0.717) is 12.1 Å². The number of aliphatic hydroxyl groups is 2. The van der Waals surface area contributed by atoms with E-state index >= 15 is 0 Å². The summed E-state index contributed by atoms with van der Waals surface area (Å²) in [5, 5.41) is 21.9. The largest absolute Gasteiger partial charge is 0.444 e. The van der Waals surface area contributed by atoms with Gasteiger partial charge in [-0.2, -0.15) is 0 Å². The number of carbonyl (C=O) groups is 1. The van der Waals surface area contributed by atoms with Gasteiger partial charge in [0.2, 0.25) is 0 Å². The van der Waals surface area contributed by atoms with Gasteiger partial charge in [0.05, 0.1) is 11.7 Å². The molecule has 0 saturated heterocycles. The maximum Gasteiger partial charge on any atom is 0.407 e. The van der Waals surface area contributed by atoms with Crippen LogP contribution in [0.4, 0.5) is 18.0 Å². The Morgan fingerprint density at radius 2 is 1.74 bits per heavy atom. The lowest BCUT2D eigenvalue weighted by molar-refractivity contribution is 0.00820. The molecule has 0 bridgehead atoms. The van der Waals surface area contributed by atoms with E-state index in [0.717, 1.165) is 0 Å². The molecule has 2 atom stereocenters. The molecule has 1 amide bonds. The highest BCUT2D eigenvalue weighted by atomic mass is 19.1. The summed E-state index contributed by atoms with van der Waals surface area (Å²) in [6.07, 6.45) is -4.36. The molecule has 0 fully saturated rings. The van der Waals surface area contributed by atoms with Crippen LogP contribution in [-0.4, -0.2) is 34.6 Å². The van der Waals surface area contributed by atoms with Gasteiger partial charge in [0, 0.05) is 18.7 Å². The van der Waals surface area contributed by atoms with Gasteiger partial charge >= 0.3 is 6.09 Å². The van der Waals surface area contributed by atoms with Crippen LogP contribution in [0.15, 0.2) is 12.1 Å². The third kappa shape index (κ3) is 6.07. The fraction of sp³-hybridized carbons (Fsp3) is 0.533. The van der Waals surface area contributed by atoms with Gasteiger partial charge in [-0.3, -0.25) is 0 Å². The predicted molar refractivity (Wildman–Crippen MR) is 76.1 cm³/mol. The van der Waals surface area contributed by atoms with Crippen molar-refractivity contribution in [2.45, 2.75) is 45.0 Å². The third-order valence-corrected chi connectivity index (χ3v) is 2.81. The van der Waals surface area contributed by atoms with Crippen molar-refractivity contribution in [3.8, 4) is 0 Å². The summed E-state index contributed by atoms with van der Waals surface area (Å²) in [5.74, 6) is -3.72. The van der Waals surface area contributed by atoms with Crippen molar-refractivity contribution < 1.29 is 32.9 Å². The van der Waals surface area contributed by atoms with E-state index in [1.54, 1.807) is 20.8 Å². The zero-order valence-electron chi connectivity index (χ0n) is 13.1. The smallest absolute Gasteiger partial charge is 0.407 e. The Morgan fingerprint density at radius 1 is 1.22 bits per heavy atom. The fourth-order valence-electron chi connectivity index (χ4n) is 1.82. The molecule has 5 nitrogen and oxygen atoms in total. The molecule has 0 aliphatic heterocycles. The van der Waals surface area contributed by atoms with E-state index in [2.05, 4.69) is 5.32 Å². The first-order valence-corrected chi connectivity index (χ1v) is 6.98. The summed E-state index contributed by atoms with van der Waals surface area (Å²) in [6, 6.07) is 0.820. The lowest BCUT2D eigenvalue weighted by atomic mass is 10.0. The maximum absolute atomic E-state index is 13.5. The zero-order valence-corrected chi connectivity index (χ0v) is 13.1. The number of alkyl carbamates (subject to hydrolysis) is 1. The molecule has 0 aliphatic carbocycles. The molecule has 0 spiro atoms. The molecule has 3 N–H and O–H groups in total. The van der Waals surface area contributed by atoms with Crippen LogP contribution in [0, 0.1) is 17.5 Å². The second kappa shape index (κ2) is 7.65. The van der Waals surface area contributed by atoms with Crippen molar-refractivity contribution in [3.63, 3.8) is 0 Å². The van der Waals surface area contributed by atoms with Crippen molar-refractivity contribution in [2.24, 2.45) is 0 Å². The minimum atomic E-state index is -1.89. The van der Waals surface area contributed by atoms with Crippen LogP contribution in [0.1, 0.15) is 38.9 Å². The number of ether oxygens (including phenoxy) is 1. The van der Waals surface area contributed by atoms with Gasteiger partial charge < -0.3 is 20.3 Å². The number of halogens is 3. The standard InChI is InChI=1S/C15H20F3NO4/c1-15(2,3)23-14(22)19-5-4-11(20)13(21)12-9(17)6-8(16)7-10(12)18/h6-7,11,13,20-21H,4-5H2,1-3H3,(H,19,22). The normalized spacial score (nSPS) is 14.3. The number of carbonyl (C=O) groups excluding carboxylic acids is 1. The summed E-state index contributed by atoms with van der Waals surface area (Å²) >= 11 is 0. The van der Waals surface area contributed by atoms with Crippen LogP contribution in [0.25, 0.3) is 0 Å². The lowest BCUT2D eigenvalue weighted by Gasteiger charge is -2.21. The molecule has 1 rings (SSSR count). The summed E-state index contributed by atoms with van der Waals surface area (Å²) in [6.45, 7) is 4.93. The minimum Gasteiger partial charge on any atom is -0.444 e. The highest BCUT2D eigenvalue weighted by Gasteiger charge is 2.26. The van der Waals surface area contributed by atoms with Crippen LogP contribution >= 0.6 is 0 Å². The van der Waals surface area contributed by atoms with Crippen LogP contribution in [0.5, 0.6) is 0 Å². The molecule has 23 heavy (non-hydrogen) atoms. The maximum atomic E-state index is 13.5. The van der Waals surface area contributed by atoms with Crippen molar-refractivity contribution in [2.75, 3.05) is 6.54 Å². The van der Waals surface area contributed by atoms with Crippen molar-refractivity contribution in [1.29, 1.82) is 0 Å². The van der Waals surface area contributed by atoms with E-state index in [1.807, 2.05) is 0 Å². The fourth-order valence-corrected chi connectivity index (χ4v) is 1.82. The average Bonchev–Trinajstić information content (AvgIpc) is 2.34. The molecule has 1 aromatic carbocycles. The predicted octanol–water partition coefficient (Wildman–Crippen LogP) is 2.41. The van der Waals surface area contributed by atoms with Gasteiger partial charge in [-0.25, -0.2) is 18.0 Å². The third-order valence-electron chi connectivity index (χ3n) is 2.81. The number of hydrogen-bond donors (Lipinski definition) is 3. The molecule has 0 saturated carbocycles. The van der Waals surface area contributed by atoms with Crippen molar-refractivity contribution in [3.05, 3.63) is 35.1 Å². The van der Waals surface area contributed by atoms with Gasteiger partial charge in [0.1, 0.15) is 29.2 Å². The number of rotatable bonds is 5. The molecule has 8 heteroatoms. The second-order valence-electron chi connectivity index (χ2n) is 6.01. The van der Waals surface area contributed by atoms with Gasteiger partial charge in [-0.1, -0.05) is 0 Å². The van der Waals surface area contributed by atoms with E-state index in [-0.39, 0.29) is 13.0 Å². The van der Waals surface area contributed by atoms with Crippen molar-refractivity contribution in [1.82, 2.24) is 5.32 Å². The average molecular weight is 335 g/mol. The Hall–Kier alpha value is -1.80. The quantitative estimate of drug-likeness (QED) is 0.772. The van der Waals surface area contributed by atoms with E-state index in [4.69, 9.17) is 4.74 Å². The SMILES string of the molecule is CC(C)(C)OC(=O)NCCC(O)C(O)c1c(F)cc(F)cc1F. The van der Waals surface area contributed by atoms with Gasteiger partial charge in [0.25, 0.3) is 0 Å². The number of nitrogens with one attached hydrogen (secondary N) is 1. The first kappa shape index (κ1) is 19.2.